The van der Waals surface area contributed by atoms with E-state index in [0.717, 1.165) is 0 Å². The minimum absolute atomic E-state index is 0.0827. The largest absolute Gasteiger partial charge is 0.398 e. The van der Waals surface area contributed by atoms with Gasteiger partial charge in [-0.05, 0) is 30.3 Å². The quantitative estimate of drug-likeness (QED) is 0.746. The number of carbonyl (C=O) groups excluding carboxylic acids is 1. The maximum atomic E-state index is 12.2. The molecule has 0 aliphatic rings. The Labute approximate surface area is 126 Å². The van der Waals surface area contributed by atoms with E-state index in [2.05, 4.69) is 5.32 Å². The van der Waals surface area contributed by atoms with Crippen LogP contribution in [-0.4, -0.2) is 14.3 Å². The Bertz CT molecular complexity index is 806. The molecule has 0 unspecified atom stereocenters. The Balaban J connectivity index is 2.37. The summed E-state index contributed by atoms with van der Waals surface area (Å²) in [7, 11) is -3.95. The minimum atomic E-state index is -3.95. The third kappa shape index (κ3) is 3.52. The Morgan fingerprint density at radius 3 is 2.43 bits per heavy atom. The van der Waals surface area contributed by atoms with Crippen LogP contribution >= 0.6 is 11.6 Å². The highest BCUT2D eigenvalue weighted by Crippen LogP contribution is 2.22. The molecular formula is C13H12ClN3O3S. The van der Waals surface area contributed by atoms with Crippen LogP contribution in [0.2, 0.25) is 5.02 Å². The van der Waals surface area contributed by atoms with Gasteiger partial charge in [0.15, 0.2) is 0 Å². The molecule has 0 heterocycles. The van der Waals surface area contributed by atoms with Crippen molar-refractivity contribution in [3.05, 3.63) is 53.1 Å². The summed E-state index contributed by atoms with van der Waals surface area (Å²) in [6, 6.07) is 10.2. The van der Waals surface area contributed by atoms with Crippen molar-refractivity contribution >= 4 is 38.9 Å². The van der Waals surface area contributed by atoms with Crippen molar-refractivity contribution in [2.24, 2.45) is 5.14 Å². The molecule has 8 heteroatoms. The molecule has 110 valence electrons. The third-order valence-corrected chi connectivity index (χ3v) is 3.90. The second kappa shape index (κ2) is 5.72. The van der Waals surface area contributed by atoms with Gasteiger partial charge in [-0.2, -0.15) is 0 Å². The Morgan fingerprint density at radius 2 is 1.81 bits per heavy atom. The molecule has 0 atom stereocenters. The number of hydrogen-bond donors (Lipinski definition) is 3. The van der Waals surface area contributed by atoms with Crippen molar-refractivity contribution < 1.29 is 13.2 Å². The van der Waals surface area contributed by atoms with E-state index in [1.54, 1.807) is 6.07 Å². The lowest BCUT2D eigenvalue weighted by atomic mass is 10.1. The Morgan fingerprint density at radius 1 is 1.14 bits per heavy atom. The number of nitrogens with two attached hydrogens (primary N) is 2. The summed E-state index contributed by atoms with van der Waals surface area (Å²) in [5.41, 5.74) is 6.17. The summed E-state index contributed by atoms with van der Waals surface area (Å²) in [5, 5.41) is 7.97. The lowest BCUT2D eigenvalue weighted by Crippen LogP contribution is -2.19. The summed E-state index contributed by atoms with van der Waals surface area (Å²) in [5.74, 6) is -0.555. The molecule has 0 aromatic heterocycles. The first-order valence-electron chi connectivity index (χ1n) is 5.77. The first-order valence-corrected chi connectivity index (χ1v) is 7.69. The average Bonchev–Trinajstić information content (AvgIpc) is 2.37. The van der Waals surface area contributed by atoms with E-state index in [-0.39, 0.29) is 21.8 Å². The summed E-state index contributed by atoms with van der Waals surface area (Å²) in [6.07, 6.45) is 0. The maximum Gasteiger partial charge on any atom is 0.257 e. The van der Waals surface area contributed by atoms with Crippen LogP contribution in [0.4, 0.5) is 11.4 Å². The third-order valence-electron chi connectivity index (χ3n) is 2.70. The average molecular weight is 326 g/mol. The summed E-state index contributed by atoms with van der Waals surface area (Å²) < 4.78 is 22.9. The monoisotopic (exact) mass is 325 g/mol. The molecule has 0 saturated carbocycles. The number of para-hydroxylation sites is 1. The highest BCUT2D eigenvalue weighted by Gasteiger charge is 2.17. The van der Waals surface area contributed by atoms with Gasteiger partial charge in [-0.25, -0.2) is 13.6 Å². The lowest BCUT2D eigenvalue weighted by Gasteiger charge is -2.10. The van der Waals surface area contributed by atoms with Crippen molar-refractivity contribution in [2.45, 2.75) is 4.90 Å². The molecule has 0 fully saturated rings. The number of halogens is 1. The maximum absolute atomic E-state index is 12.2. The van der Waals surface area contributed by atoms with Gasteiger partial charge in [-0.1, -0.05) is 23.7 Å². The first-order chi connectivity index (χ1) is 9.79. The number of sulfonamides is 1. The van der Waals surface area contributed by atoms with Gasteiger partial charge in [0.25, 0.3) is 5.91 Å². The normalized spacial score (nSPS) is 11.1. The second-order valence-corrected chi connectivity index (χ2v) is 6.19. The molecule has 0 bridgehead atoms. The fraction of sp³-hybridized carbons (Fsp3) is 0. The van der Waals surface area contributed by atoms with Gasteiger partial charge in [0.05, 0.1) is 11.3 Å². The molecule has 2 aromatic carbocycles. The number of amides is 1. The zero-order chi connectivity index (χ0) is 15.6. The highest BCUT2D eigenvalue weighted by atomic mass is 35.5. The molecule has 0 spiro atoms. The van der Waals surface area contributed by atoms with Gasteiger partial charge in [0, 0.05) is 10.7 Å². The lowest BCUT2D eigenvalue weighted by molar-refractivity contribution is 0.102. The fourth-order valence-electron chi connectivity index (χ4n) is 1.75. The van der Waals surface area contributed by atoms with E-state index >= 15 is 0 Å². The SMILES string of the molecule is Nc1cc(Cl)ccc1C(=O)Nc1ccccc1S(N)(=O)=O. The number of primary sulfonamides is 1. The van der Waals surface area contributed by atoms with Gasteiger partial charge in [0.2, 0.25) is 10.0 Å². The van der Waals surface area contributed by atoms with E-state index in [0.29, 0.717) is 5.02 Å². The van der Waals surface area contributed by atoms with Gasteiger partial charge in [-0.15, -0.1) is 0 Å². The predicted molar refractivity (Wildman–Crippen MR) is 81.6 cm³/mol. The van der Waals surface area contributed by atoms with Crippen LogP contribution < -0.4 is 16.2 Å². The molecule has 21 heavy (non-hydrogen) atoms. The van der Waals surface area contributed by atoms with Crippen LogP contribution in [0.5, 0.6) is 0 Å². The van der Waals surface area contributed by atoms with Gasteiger partial charge in [0.1, 0.15) is 4.90 Å². The van der Waals surface area contributed by atoms with Gasteiger partial charge >= 0.3 is 0 Å². The number of benzene rings is 2. The van der Waals surface area contributed by atoms with E-state index in [1.807, 2.05) is 0 Å². The molecule has 1 amide bonds. The summed E-state index contributed by atoms with van der Waals surface area (Å²) >= 11 is 5.76. The smallest absolute Gasteiger partial charge is 0.257 e. The van der Waals surface area contributed by atoms with Crippen LogP contribution in [0.1, 0.15) is 10.4 Å². The van der Waals surface area contributed by atoms with Crippen molar-refractivity contribution in [1.82, 2.24) is 0 Å². The topological polar surface area (TPSA) is 115 Å². The molecular weight excluding hydrogens is 314 g/mol. The number of rotatable bonds is 3. The van der Waals surface area contributed by atoms with Crippen molar-refractivity contribution in [2.75, 3.05) is 11.1 Å². The van der Waals surface area contributed by atoms with E-state index < -0.39 is 15.9 Å². The molecule has 0 aliphatic carbocycles. The number of carbonyl (C=O) groups is 1. The van der Waals surface area contributed by atoms with Crippen molar-refractivity contribution in [3.8, 4) is 0 Å². The number of nitrogens with one attached hydrogen (secondary N) is 1. The molecule has 2 aromatic rings. The zero-order valence-electron chi connectivity index (χ0n) is 10.7. The molecule has 2 rings (SSSR count). The van der Waals surface area contributed by atoms with E-state index in [9.17, 15) is 13.2 Å². The second-order valence-electron chi connectivity index (χ2n) is 4.23. The number of anilines is 2. The van der Waals surface area contributed by atoms with Crippen LogP contribution in [-0.2, 0) is 10.0 Å². The molecule has 6 nitrogen and oxygen atoms in total. The van der Waals surface area contributed by atoms with Crippen LogP contribution in [0.3, 0.4) is 0 Å². The standard InChI is InChI=1S/C13H12ClN3O3S/c14-8-5-6-9(10(15)7-8)13(18)17-11-3-1-2-4-12(11)21(16,19)20/h1-7H,15H2,(H,17,18)(H2,16,19,20). The van der Waals surface area contributed by atoms with Crippen molar-refractivity contribution in [3.63, 3.8) is 0 Å². The highest BCUT2D eigenvalue weighted by molar-refractivity contribution is 7.89. The minimum Gasteiger partial charge on any atom is -0.398 e. The summed E-state index contributed by atoms with van der Waals surface area (Å²) in [4.78, 5) is 12.0. The van der Waals surface area contributed by atoms with Gasteiger partial charge < -0.3 is 11.1 Å². The van der Waals surface area contributed by atoms with E-state index in [1.165, 1.54) is 36.4 Å². The van der Waals surface area contributed by atoms with E-state index in [4.69, 9.17) is 22.5 Å². The Kier molecular flexibility index (Phi) is 4.17. The summed E-state index contributed by atoms with van der Waals surface area (Å²) in [6.45, 7) is 0. The van der Waals surface area contributed by atoms with Gasteiger partial charge in [-0.3, -0.25) is 4.79 Å². The molecule has 0 radical (unpaired) electrons. The van der Waals surface area contributed by atoms with Crippen LogP contribution in [0.25, 0.3) is 0 Å². The molecule has 0 saturated heterocycles. The van der Waals surface area contributed by atoms with Crippen molar-refractivity contribution in [1.29, 1.82) is 0 Å². The van der Waals surface area contributed by atoms with Crippen LogP contribution in [0.15, 0.2) is 47.4 Å². The number of nitrogen functional groups attached to an aromatic ring is 1. The Hall–Kier alpha value is -2.09. The fourth-order valence-corrected chi connectivity index (χ4v) is 2.62. The first kappa shape index (κ1) is 15.3. The molecule has 5 N–H and O–H groups in total. The molecule has 0 aliphatic heterocycles. The number of hydrogen-bond acceptors (Lipinski definition) is 4. The predicted octanol–water partition coefficient (Wildman–Crippen LogP) is 1.82. The zero-order valence-corrected chi connectivity index (χ0v) is 12.3. The van der Waals surface area contributed by atoms with Crippen LogP contribution in [0, 0.1) is 0 Å².